The Balaban J connectivity index is 2.09. The van der Waals surface area contributed by atoms with E-state index in [-0.39, 0.29) is 5.91 Å². The topological polar surface area (TPSA) is 49.0 Å². The first-order valence-corrected chi connectivity index (χ1v) is 5.89. The fourth-order valence-electron chi connectivity index (χ4n) is 2.18. The third-order valence-corrected chi connectivity index (χ3v) is 3.68. The Bertz CT molecular complexity index is 385. The highest BCUT2D eigenvalue weighted by Gasteiger charge is 2.27. The van der Waals surface area contributed by atoms with Gasteiger partial charge < -0.3 is 4.90 Å². The molecule has 16 heavy (non-hydrogen) atoms. The van der Waals surface area contributed by atoms with Gasteiger partial charge in [-0.15, -0.1) is 0 Å². The Morgan fingerprint density at radius 3 is 2.81 bits per heavy atom. The van der Waals surface area contributed by atoms with Crippen molar-refractivity contribution in [3.05, 3.63) is 17.5 Å². The van der Waals surface area contributed by atoms with Gasteiger partial charge in [0.15, 0.2) is 0 Å². The predicted molar refractivity (Wildman–Crippen MR) is 62.2 cm³/mol. The van der Waals surface area contributed by atoms with Gasteiger partial charge in [-0.1, -0.05) is 13.8 Å². The van der Waals surface area contributed by atoms with Gasteiger partial charge in [0.25, 0.3) is 5.91 Å². The number of carbonyl (C=O) groups is 1. The minimum atomic E-state index is 0.116. The van der Waals surface area contributed by atoms with Gasteiger partial charge in [0.1, 0.15) is 0 Å². The quantitative estimate of drug-likeness (QED) is 0.786. The summed E-state index contributed by atoms with van der Waals surface area (Å²) in [6, 6.07) is 0. The van der Waals surface area contributed by atoms with Crippen molar-refractivity contribution in [3.8, 4) is 0 Å². The van der Waals surface area contributed by atoms with Gasteiger partial charge in [-0.25, -0.2) is 0 Å². The second-order valence-corrected chi connectivity index (χ2v) is 4.90. The Hall–Kier alpha value is -1.32. The molecule has 0 aromatic carbocycles. The zero-order valence-corrected chi connectivity index (χ0v) is 10.2. The molecule has 1 N–H and O–H groups in total. The van der Waals surface area contributed by atoms with Crippen LogP contribution in [0.25, 0.3) is 0 Å². The monoisotopic (exact) mass is 221 g/mol. The molecular weight excluding hydrogens is 202 g/mol. The van der Waals surface area contributed by atoms with Crippen molar-refractivity contribution in [1.82, 2.24) is 15.1 Å². The number of aromatic amines is 1. The summed E-state index contributed by atoms with van der Waals surface area (Å²) in [5, 5.41) is 6.71. The normalized spacial score (nSPS) is 25.8. The first-order valence-electron chi connectivity index (χ1n) is 5.89. The van der Waals surface area contributed by atoms with E-state index in [1.165, 1.54) is 0 Å². The van der Waals surface area contributed by atoms with Crippen LogP contribution in [-0.2, 0) is 0 Å². The molecule has 2 atom stereocenters. The maximum atomic E-state index is 12.2. The summed E-state index contributed by atoms with van der Waals surface area (Å²) in [4.78, 5) is 14.1. The largest absolute Gasteiger partial charge is 0.338 e. The molecule has 0 bridgehead atoms. The maximum absolute atomic E-state index is 12.2. The molecule has 1 amide bonds. The molecule has 2 unspecified atom stereocenters. The molecule has 1 aromatic rings. The molecule has 1 aliphatic rings. The van der Waals surface area contributed by atoms with Crippen LogP contribution in [-0.4, -0.2) is 34.1 Å². The average Bonchev–Trinajstić information content (AvgIpc) is 2.67. The van der Waals surface area contributed by atoms with Crippen LogP contribution in [0.3, 0.4) is 0 Å². The van der Waals surface area contributed by atoms with Crippen molar-refractivity contribution in [2.75, 3.05) is 13.1 Å². The highest BCUT2D eigenvalue weighted by molar-refractivity contribution is 5.95. The lowest BCUT2D eigenvalue weighted by atomic mass is 9.88. The number of aromatic nitrogens is 2. The number of piperidine rings is 1. The Morgan fingerprint density at radius 2 is 2.25 bits per heavy atom. The van der Waals surface area contributed by atoms with Crippen molar-refractivity contribution in [2.24, 2.45) is 11.8 Å². The van der Waals surface area contributed by atoms with E-state index in [0.717, 1.165) is 31.1 Å². The van der Waals surface area contributed by atoms with Gasteiger partial charge in [-0.3, -0.25) is 9.89 Å². The predicted octanol–water partition coefficient (Wildman–Crippen LogP) is 1.84. The highest BCUT2D eigenvalue weighted by atomic mass is 16.2. The minimum absolute atomic E-state index is 0.116. The summed E-state index contributed by atoms with van der Waals surface area (Å²) in [6.45, 7) is 8.09. The first kappa shape index (κ1) is 11.2. The van der Waals surface area contributed by atoms with Crippen molar-refractivity contribution in [3.63, 3.8) is 0 Å². The van der Waals surface area contributed by atoms with Gasteiger partial charge in [0.05, 0.1) is 11.8 Å². The average molecular weight is 221 g/mol. The van der Waals surface area contributed by atoms with Crippen LogP contribution >= 0.6 is 0 Å². The summed E-state index contributed by atoms with van der Waals surface area (Å²) >= 11 is 0. The number of hydrogen-bond donors (Lipinski definition) is 1. The van der Waals surface area contributed by atoms with Crippen LogP contribution in [0.5, 0.6) is 0 Å². The van der Waals surface area contributed by atoms with Gasteiger partial charge in [-0.05, 0) is 25.2 Å². The van der Waals surface area contributed by atoms with E-state index in [1.807, 2.05) is 11.8 Å². The zero-order chi connectivity index (χ0) is 11.7. The lowest BCUT2D eigenvalue weighted by Crippen LogP contribution is -2.42. The first-order chi connectivity index (χ1) is 7.59. The molecule has 4 nitrogen and oxygen atoms in total. The fourth-order valence-corrected chi connectivity index (χ4v) is 2.18. The number of aryl methyl sites for hydroxylation is 1. The van der Waals surface area contributed by atoms with Crippen LogP contribution in [0.2, 0.25) is 0 Å². The van der Waals surface area contributed by atoms with E-state index in [2.05, 4.69) is 24.0 Å². The number of nitrogens with one attached hydrogen (secondary N) is 1. The van der Waals surface area contributed by atoms with Crippen LogP contribution in [0.15, 0.2) is 6.20 Å². The highest BCUT2D eigenvalue weighted by Crippen LogP contribution is 2.23. The second kappa shape index (κ2) is 4.28. The Morgan fingerprint density at radius 1 is 1.50 bits per heavy atom. The molecule has 1 aromatic heterocycles. The summed E-state index contributed by atoms with van der Waals surface area (Å²) in [6.07, 6.45) is 2.73. The van der Waals surface area contributed by atoms with E-state index in [9.17, 15) is 4.79 Å². The summed E-state index contributed by atoms with van der Waals surface area (Å²) in [5.74, 6) is 1.42. The molecule has 0 saturated carbocycles. The van der Waals surface area contributed by atoms with Crippen molar-refractivity contribution < 1.29 is 4.79 Å². The number of hydrogen-bond acceptors (Lipinski definition) is 2. The molecule has 2 heterocycles. The standard InChI is InChI=1S/C12H19N3O/c1-8-4-5-15(7-9(8)2)12(16)11-6-13-14-10(11)3/h6,8-9H,4-5,7H2,1-3H3,(H,13,14). The molecule has 4 heteroatoms. The molecule has 0 spiro atoms. The number of amides is 1. The lowest BCUT2D eigenvalue weighted by molar-refractivity contribution is 0.0627. The smallest absolute Gasteiger partial charge is 0.257 e. The van der Waals surface area contributed by atoms with E-state index in [1.54, 1.807) is 6.20 Å². The third kappa shape index (κ3) is 1.96. The van der Waals surface area contributed by atoms with Gasteiger partial charge in [-0.2, -0.15) is 5.10 Å². The second-order valence-electron chi connectivity index (χ2n) is 4.90. The summed E-state index contributed by atoms with van der Waals surface area (Å²) < 4.78 is 0. The SMILES string of the molecule is Cc1[nH]ncc1C(=O)N1CCC(C)C(C)C1. The minimum Gasteiger partial charge on any atom is -0.338 e. The molecule has 2 rings (SSSR count). The van der Waals surface area contributed by atoms with Crippen LogP contribution in [0, 0.1) is 18.8 Å². The van der Waals surface area contributed by atoms with Gasteiger partial charge >= 0.3 is 0 Å². The molecule has 0 aliphatic carbocycles. The van der Waals surface area contributed by atoms with E-state index >= 15 is 0 Å². The summed E-state index contributed by atoms with van der Waals surface area (Å²) in [7, 11) is 0. The van der Waals surface area contributed by atoms with E-state index in [0.29, 0.717) is 11.5 Å². The Kier molecular flexibility index (Phi) is 2.99. The third-order valence-electron chi connectivity index (χ3n) is 3.68. The number of likely N-dealkylation sites (tertiary alicyclic amines) is 1. The molecule has 0 radical (unpaired) electrons. The fraction of sp³-hybridized carbons (Fsp3) is 0.667. The van der Waals surface area contributed by atoms with Gasteiger partial charge in [0, 0.05) is 18.8 Å². The van der Waals surface area contributed by atoms with Crippen molar-refractivity contribution in [1.29, 1.82) is 0 Å². The number of nitrogens with zero attached hydrogens (tertiary/aromatic N) is 2. The molecular formula is C12H19N3O. The number of carbonyl (C=O) groups excluding carboxylic acids is 1. The van der Waals surface area contributed by atoms with E-state index in [4.69, 9.17) is 0 Å². The molecule has 1 fully saturated rings. The van der Waals surface area contributed by atoms with E-state index < -0.39 is 0 Å². The lowest BCUT2D eigenvalue weighted by Gasteiger charge is -2.35. The Labute approximate surface area is 96.0 Å². The maximum Gasteiger partial charge on any atom is 0.257 e. The van der Waals surface area contributed by atoms with Crippen LogP contribution < -0.4 is 0 Å². The van der Waals surface area contributed by atoms with Gasteiger partial charge in [0.2, 0.25) is 0 Å². The van der Waals surface area contributed by atoms with Crippen LogP contribution in [0.4, 0.5) is 0 Å². The van der Waals surface area contributed by atoms with Crippen LogP contribution in [0.1, 0.15) is 36.3 Å². The van der Waals surface area contributed by atoms with Crippen molar-refractivity contribution in [2.45, 2.75) is 27.2 Å². The molecule has 1 aliphatic heterocycles. The number of rotatable bonds is 1. The van der Waals surface area contributed by atoms with Crippen molar-refractivity contribution >= 4 is 5.91 Å². The molecule has 88 valence electrons. The number of H-pyrrole nitrogens is 1. The molecule has 1 saturated heterocycles. The zero-order valence-electron chi connectivity index (χ0n) is 10.2. The summed E-state index contributed by atoms with van der Waals surface area (Å²) in [5.41, 5.74) is 1.57.